The molecular formula is C24H30ClNO4. The molecule has 1 aliphatic heterocycles. The van der Waals surface area contributed by atoms with Gasteiger partial charge in [0.2, 0.25) is 0 Å². The molecule has 0 N–H and O–H groups in total. The third kappa shape index (κ3) is 5.22. The summed E-state index contributed by atoms with van der Waals surface area (Å²) in [7, 11) is 1.67. The van der Waals surface area contributed by atoms with Gasteiger partial charge in [-0.3, -0.25) is 4.90 Å². The lowest BCUT2D eigenvalue weighted by Gasteiger charge is -2.41. The van der Waals surface area contributed by atoms with Crippen LogP contribution in [0.2, 0.25) is 5.02 Å². The first-order valence-electron chi connectivity index (χ1n) is 10.1. The van der Waals surface area contributed by atoms with Gasteiger partial charge in [-0.15, -0.1) is 0 Å². The molecule has 0 bridgehead atoms. The predicted octanol–water partition coefficient (Wildman–Crippen LogP) is 4.64. The molecule has 30 heavy (non-hydrogen) atoms. The smallest absolute Gasteiger partial charge is 0.329 e. The van der Waals surface area contributed by atoms with Crippen LogP contribution in [0.15, 0.2) is 54.6 Å². The standard InChI is InChI=1S/C24H30ClNO4/c1-23(2,3)30-22(27)24(14-18-9-8-12-20(25)13-18)16-29-17-26(24)21(15-28-4)19-10-6-5-7-11-19/h5-13,21H,14-17H2,1-4H3/t21-,24+/m0/s1. The molecule has 0 aliphatic carbocycles. The maximum atomic E-state index is 13.6. The Morgan fingerprint density at radius 1 is 1.20 bits per heavy atom. The van der Waals surface area contributed by atoms with Crippen LogP contribution in [-0.4, -0.2) is 49.1 Å². The van der Waals surface area contributed by atoms with E-state index in [1.807, 2.05) is 75.4 Å². The normalized spacial score (nSPS) is 20.8. The number of methoxy groups -OCH3 is 1. The van der Waals surface area contributed by atoms with Crippen molar-refractivity contribution in [2.75, 3.05) is 27.1 Å². The van der Waals surface area contributed by atoms with Crippen molar-refractivity contribution in [1.29, 1.82) is 0 Å². The van der Waals surface area contributed by atoms with Crippen LogP contribution >= 0.6 is 11.6 Å². The minimum Gasteiger partial charge on any atom is -0.459 e. The largest absolute Gasteiger partial charge is 0.459 e. The second-order valence-electron chi connectivity index (χ2n) is 8.67. The Bertz CT molecular complexity index is 852. The average Bonchev–Trinajstić information content (AvgIpc) is 3.10. The zero-order valence-electron chi connectivity index (χ0n) is 18.1. The van der Waals surface area contributed by atoms with E-state index >= 15 is 0 Å². The highest BCUT2D eigenvalue weighted by atomic mass is 35.5. The third-order valence-corrected chi connectivity index (χ3v) is 5.41. The molecule has 5 nitrogen and oxygen atoms in total. The number of carbonyl (C=O) groups is 1. The fraction of sp³-hybridized carbons (Fsp3) is 0.458. The lowest BCUT2D eigenvalue weighted by molar-refractivity contribution is -0.169. The molecule has 0 spiro atoms. The quantitative estimate of drug-likeness (QED) is 0.597. The summed E-state index contributed by atoms with van der Waals surface area (Å²) in [6, 6.07) is 17.5. The summed E-state index contributed by atoms with van der Waals surface area (Å²) in [6.07, 6.45) is 0.426. The summed E-state index contributed by atoms with van der Waals surface area (Å²) in [4.78, 5) is 15.7. The van der Waals surface area contributed by atoms with Crippen molar-refractivity contribution >= 4 is 17.6 Å². The number of rotatable bonds is 7. The van der Waals surface area contributed by atoms with Crippen LogP contribution in [0.3, 0.4) is 0 Å². The van der Waals surface area contributed by atoms with Crippen molar-refractivity contribution < 1.29 is 19.0 Å². The molecule has 1 heterocycles. The molecule has 0 radical (unpaired) electrons. The van der Waals surface area contributed by atoms with Gasteiger partial charge in [-0.05, 0) is 44.0 Å². The fourth-order valence-corrected chi connectivity index (χ4v) is 4.08. The molecule has 162 valence electrons. The second kappa shape index (κ2) is 9.48. The van der Waals surface area contributed by atoms with E-state index in [1.54, 1.807) is 7.11 Å². The molecule has 2 atom stereocenters. The Labute approximate surface area is 183 Å². The predicted molar refractivity (Wildman–Crippen MR) is 117 cm³/mol. The highest BCUT2D eigenvalue weighted by molar-refractivity contribution is 6.30. The highest BCUT2D eigenvalue weighted by Crippen LogP contribution is 2.37. The van der Waals surface area contributed by atoms with Gasteiger partial charge in [-0.25, -0.2) is 4.79 Å². The second-order valence-corrected chi connectivity index (χ2v) is 9.11. The summed E-state index contributed by atoms with van der Waals surface area (Å²) in [5.74, 6) is -0.301. The maximum Gasteiger partial charge on any atom is 0.329 e. The van der Waals surface area contributed by atoms with E-state index in [0.717, 1.165) is 11.1 Å². The monoisotopic (exact) mass is 431 g/mol. The molecule has 1 fully saturated rings. The van der Waals surface area contributed by atoms with E-state index in [4.69, 9.17) is 25.8 Å². The van der Waals surface area contributed by atoms with Gasteiger partial charge in [0.1, 0.15) is 17.9 Å². The number of hydrogen-bond donors (Lipinski definition) is 0. The summed E-state index contributed by atoms with van der Waals surface area (Å²) in [5.41, 5.74) is 0.407. The van der Waals surface area contributed by atoms with Gasteiger partial charge in [0.25, 0.3) is 0 Å². The lowest BCUT2D eigenvalue weighted by atomic mass is 9.88. The molecule has 1 aliphatic rings. The Morgan fingerprint density at radius 3 is 2.57 bits per heavy atom. The molecule has 6 heteroatoms. The van der Waals surface area contributed by atoms with E-state index < -0.39 is 11.1 Å². The number of hydrogen-bond acceptors (Lipinski definition) is 5. The van der Waals surface area contributed by atoms with Gasteiger partial charge in [-0.1, -0.05) is 54.1 Å². The topological polar surface area (TPSA) is 48.0 Å². The van der Waals surface area contributed by atoms with Gasteiger partial charge in [0, 0.05) is 18.6 Å². The first-order chi connectivity index (χ1) is 14.2. The van der Waals surface area contributed by atoms with Gasteiger partial charge >= 0.3 is 5.97 Å². The van der Waals surface area contributed by atoms with Crippen molar-refractivity contribution in [2.45, 2.75) is 44.4 Å². The summed E-state index contributed by atoms with van der Waals surface area (Å²) in [6.45, 7) is 6.60. The van der Waals surface area contributed by atoms with Gasteiger partial charge in [0.05, 0.1) is 19.3 Å². The van der Waals surface area contributed by atoms with E-state index in [9.17, 15) is 4.79 Å². The van der Waals surface area contributed by atoms with Crippen LogP contribution in [0.1, 0.15) is 37.9 Å². The van der Waals surface area contributed by atoms with Crippen LogP contribution in [0.4, 0.5) is 0 Å². The van der Waals surface area contributed by atoms with E-state index in [0.29, 0.717) is 24.8 Å². The first-order valence-corrected chi connectivity index (χ1v) is 10.5. The van der Waals surface area contributed by atoms with Crippen molar-refractivity contribution in [3.63, 3.8) is 0 Å². The Hall–Kier alpha value is -1.92. The number of benzene rings is 2. The zero-order valence-corrected chi connectivity index (χ0v) is 18.8. The first kappa shape index (κ1) is 22.8. The number of carbonyl (C=O) groups excluding carboxylic acids is 1. The minimum atomic E-state index is -0.989. The lowest BCUT2D eigenvalue weighted by Crippen LogP contribution is -2.58. The maximum absolute atomic E-state index is 13.6. The number of halogens is 1. The summed E-state index contributed by atoms with van der Waals surface area (Å²) in [5, 5.41) is 0.633. The fourth-order valence-electron chi connectivity index (χ4n) is 3.87. The van der Waals surface area contributed by atoms with Gasteiger partial charge in [0.15, 0.2) is 0 Å². The zero-order chi connectivity index (χ0) is 21.8. The minimum absolute atomic E-state index is 0.162. The van der Waals surface area contributed by atoms with Gasteiger partial charge < -0.3 is 14.2 Å². The number of nitrogens with zero attached hydrogens (tertiary/aromatic N) is 1. The molecule has 2 aromatic carbocycles. The summed E-state index contributed by atoms with van der Waals surface area (Å²) >= 11 is 6.23. The van der Waals surface area contributed by atoms with Crippen LogP contribution < -0.4 is 0 Å². The SMILES string of the molecule is COC[C@@H](c1ccccc1)N1COC[C@]1(Cc1cccc(Cl)c1)C(=O)OC(C)(C)C. The molecule has 1 saturated heterocycles. The van der Waals surface area contributed by atoms with Crippen molar-refractivity contribution in [3.05, 3.63) is 70.7 Å². The Morgan fingerprint density at radius 2 is 1.93 bits per heavy atom. The molecule has 0 saturated carbocycles. The molecule has 0 aromatic heterocycles. The average molecular weight is 432 g/mol. The van der Waals surface area contributed by atoms with Crippen molar-refractivity contribution in [3.8, 4) is 0 Å². The van der Waals surface area contributed by atoms with Crippen LogP contribution in [0.25, 0.3) is 0 Å². The van der Waals surface area contributed by atoms with Crippen LogP contribution in [0.5, 0.6) is 0 Å². The van der Waals surface area contributed by atoms with Crippen LogP contribution in [0, 0.1) is 0 Å². The molecule has 3 rings (SSSR count). The van der Waals surface area contributed by atoms with E-state index in [2.05, 4.69) is 4.90 Å². The van der Waals surface area contributed by atoms with Crippen molar-refractivity contribution in [1.82, 2.24) is 4.90 Å². The molecule has 0 amide bonds. The summed E-state index contributed by atoms with van der Waals surface area (Å²) < 4.78 is 17.3. The Kier molecular flexibility index (Phi) is 7.19. The number of ether oxygens (including phenoxy) is 3. The van der Waals surface area contributed by atoms with Crippen molar-refractivity contribution in [2.24, 2.45) is 0 Å². The Balaban J connectivity index is 2.05. The third-order valence-electron chi connectivity index (χ3n) is 5.17. The number of esters is 1. The molecule has 0 unspecified atom stereocenters. The van der Waals surface area contributed by atoms with E-state index in [-0.39, 0.29) is 18.6 Å². The van der Waals surface area contributed by atoms with Gasteiger partial charge in [-0.2, -0.15) is 0 Å². The molecular weight excluding hydrogens is 402 g/mol. The van der Waals surface area contributed by atoms with E-state index in [1.165, 1.54) is 0 Å². The molecule has 2 aromatic rings. The van der Waals surface area contributed by atoms with Crippen LogP contribution in [-0.2, 0) is 25.4 Å². The highest BCUT2D eigenvalue weighted by Gasteiger charge is 2.53.